The monoisotopic (exact) mass is 187 g/mol. The van der Waals surface area contributed by atoms with Gasteiger partial charge in [0, 0.05) is 0 Å². The molecule has 0 aliphatic rings. The summed E-state index contributed by atoms with van der Waals surface area (Å²) in [6, 6.07) is 9.90. The Hall–Kier alpha value is -1.75. The fourth-order valence-corrected chi connectivity index (χ4v) is 1.19. The van der Waals surface area contributed by atoms with E-state index in [0.717, 1.165) is 11.1 Å². The van der Waals surface area contributed by atoms with Crippen molar-refractivity contribution in [2.45, 2.75) is 13.8 Å². The maximum Gasteiger partial charge on any atom is 0.103 e. The molecule has 0 unspecified atom stereocenters. The minimum Gasteiger partial charge on any atom is -0.500 e. The molecule has 0 spiro atoms. The normalized spacial score (nSPS) is 10.8. The lowest BCUT2D eigenvalue weighted by atomic mass is 10.0. The second kappa shape index (κ2) is 5.08. The van der Waals surface area contributed by atoms with Crippen LogP contribution in [0.4, 0.5) is 0 Å². The third-order valence-corrected chi connectivity index (χ3v) is 1.92. The summed E-state index contributed by atoms with van der Waals surface area (Å²) in [6.07, 6.45) is 1.52. The molecule has 0 N–H and O–H groups in total. The van der Waals surface area contributed by atoms with Gasteiger partial charge in [0.15, 0.2) is 0 Å². The fourth-order valence-electron chi connectivity index (χ4n) is 1.19. The molecule has 2 nitrogen and oxygen atoms in total. The van der Waals surface area contributed by atoms with Crippen LogP contribution < -0.4 is 0 Å². The van der Waals surface area contributed by atoms with E-state index in [1.54, 1.807) is 0 Å². The molecule has 0 bridgehead atoms. The molecule has 1 rings (SSSR count). The Bertz CT molecular complexity index is 374. The van der Waals surface area contributed by atoms with Crippen molar-refractivity contribution in [3.05, 3.63) is 41.7 Å². The van der Waals surface area contributed by atoms with Crippen LogP contribution >= 0.6 is 0 Å². The van der Waals surface area contributed by atoms with Crippen LogP contribution in [0, 0.1) is 18.3 Å². The predicted molar refractivity (Wildman–Crippen MR) is 56.4 cm³/mol. The number of hydrogen-bond donors (Lipinski definition) is 0. The second-order valence-corrected chi connectivity index (χ2v) is 2.91. The second-order valence-electron chi connectivity index (χ2n) is 2.91. The van der Waals surface area contributed by atoms with E-state index in [2.05, 4.69) is 6.07 Å². The van der Waals surface area contributed by atoms with E-state index in [4.69, 9.17) is 10.00 Å². The highest BCUT2D eigenvalue weighted by atomic mass is 16.5. The highest BCUT2D eigenvalue weighted by Gasteiger charge is 2.03. The Balaban J connectivity index is 3.03. The summed E-state index contributed by atoms with van der Waals surface area (Å²) >= 11 is 0. The van der Waals surface area contributed by atoms with Gasteiger partial charge in [-0.3, -0.25) is 0 Å². The molecule has 0 aromatic heterocycles. The molecule has 1 aromatic rings. The van der Waals surface area contributed by atoms with Gasteiger partial charge >= 0.3 is 0 Å². The number of allylic oxidation sites excluding steroid dienone is 1. The van der Waals surface area contributed by atoms with Crippen LogP contribution in [0.3, 0.4) is 0 Å². The summed E-state index contributed by atoms with van der Waals surface area (Å²) in [6.45, 7) is 4.45. The maximum absolute atomic E-state index is 8.93. The van der Waals surface area contributed by atoms with Crippen molar-refractivity contribution in [1.29, 1.82) is 5.26 Å². The average Bonchev–Trinajstić information content (AvgIpc) is 2.21. The number of aryl methyl sites for hydroxylation is 1. The van der Waals surface area contributed by atoms with Crippen LogP contribution in [0.1, 0.15) is 18.1 Å². The zero-order chi connectivity index (χ0) is 10.4. The molecule has 0 saturated carbocycles. The van der Waals surface area contributed by atoms with Crippen LogP contribution in [-0.4, -0.2) is 6.61 Å². The van der Waals surface area contributed by atoms with E-state index in [1.165, 1.54) is 6.26 Å². The van der Waals surface area contributed by atoms with Gasteiger partial charge in [0.25, 0.3) is 0 Å². The van der Waals surface area contributed by atoms with E-state index in [1.807, 2.05) is 38.1 Å². The Kier molecular flexibility index (Phi) is 3.75. The molecule has 0 heterocycles. The number of hydrogen-bond acceptors (Lipinski definition) is 2. The van der Waals surface area contributed by atoms with Crippen LogP contribution in [0.25, 0.3) is 5.57 Å². The minimum atomic E-state index is 0.574. The van der Waals surface area contributed by atoms with E-state index in [-0.39, 0.29) is 0 Å². The van der Waals surface area contributed by atoms with Crippen molar-refractivity contribution in [2.75, 3.05) is 6.61 Å². The van der Waals surface area contributed by atoms with E-state index in [9.17, 15) is 0 Å². The summed E-state index contributed by atoms with van der Waals surface area (Å²) < 4.78 is 5.11. The van der Waals surface area contributed by atoms with Gasteiger partial charge in [-0.05, 0) is 25.0 Å². The summed E-state index contributed by atoms with van der Waals surface area (Å²) in [5.74, 6) is 0. The summed E-state index contributed by atoms with van der Waals surface area (Å²) in [5.41, 5.74) is 2.59. The van der Waals surface area contributed by atoms with Crippen LogP contribution in [0.15, 0.2) is 30.5 Å². The number of nitriles is 1. The first kappa shape index (κ1) is 10.3. The molecule has 0 atom stereocenters. The van der Waals surface area contributed by atoms with Gasteiger partial charge in [-0.1, -0.05) is 24.3 Å². The van der Waals surface area contributed by atoms with Gasteiger partial charge in [-0.15, -0.1) is 0 Å². The summed E-state index contributed by atoms with van der Waals surface area (Å²) in [4.78, 5) is 0. The van der Waals surface area contributed by atoms with Gasteiger partial charge in [0.2, 0.25) is 0 Å². The van der Waals surface area contributed by atoms with Gasteiger partial charge in [-0.2, -0.15) is 5.26 Å². The lowest BCUT2D eigenvalue weighted by Crippen LogP contribution is -1.88. The molecule has 72 valence electrons. The van der Waals surface area contributed by atoms with Crippen molar-refractivity contribution in [1.82, 2.24) is 0 Å². The van der Waals surface area contributed by atoms with Crippen molar-refractivity contribution in [3.8, 4) is 6.07 Å². The minimum absolute atomic E-state index is 0.574. The van der Waals surface area contributed by atoms with Gasteiger partial charge < -0.3 is 4.74 Å². The topological polar surface area (TPSA) is 33.0 Å². The SMILES string of the molecule is CCO/C=C(/C#N)c1ccccc1C. The Labute approximate surface area is 84.4 Å². The molecule has 0 aliphatic carbocycles. The zero-order valence-corrected chi connectivity index (χ0v) is 8.45. The predicted octanol–water partition coefficient (Wildman–Crippen LogP) is 2.90. The lowest BCUT2D eigenvalue weighted by molar-refractivity contribution is 0.271. The molecule has 0 aliphatic heterocycles. The van der Waals surface area contributed by atoms with Crippen LogP contribution in [0.2, 0.25) is 0 Å². The summed E-state index contributed by atoms with van der Waals surface area (Å²) in [7, 11) is 0. The Morgan fingerprint density at radius 1 is 1.50 bits per heavy atom. The smallest absolute Gasteiger partial charge is 0.103 e. The molecular weight excluding hydrogens is 174 g/mol. The average molecular weight is 187 g/mol. The number of benzene rings is 1. The van der Waals surface area contributed by atoms with Crippen molar-refractivity contribution in [2.24, 2.45) is 0 Å². The van der Waals surface area contributed by atoms with Gasteiger partial charge in [0.05, 0.1) is 12.2 Å². The summed E-state index contributed by atoms with van der Waals surface area (Å²) in [5, 5.41) is 8.93. The fraction of sp³-hybridized carbons (Fsp3) is 0.250. The Morgan fingerprint density at radius 3 is 2.79 bits per heavy atom. The molecule has 0 radical (unpaired) electrons. The highest BCUT2D eigenvalue weighted by molar-refractivity contribution is 5.77. The van der Waals surface area contributed by atoms with Crippen molar-refractivity contribution in [3.63, 3.8) is 0 Å². The molecule has 2 heteroatoms. The van der Waals surface area contributed by atoms with Gasteiger partial charge in [-0.25, -0.2) is 0 Å². The van der Waals surface area contributed by atoms with Crippen molar-refractivity contribution < 1.29 is 4.74 Å². The first-order valence-corrected chi connectivity index (χ1v) is 4.57. The molecular formula is C12H13NO. The first-order valence-electron chi connectivity index (χ1n) is 4.57. The van der Waals surface area contributed by atoms with E-state index in [0.29, 0.717) is 12.2 Å². The molecule has 1 aromatic carbocycles. The first-order chi connectivity index (χ1) is 6.79. The third kappa shape index (κ3) is 2.37. The maximum atomic E-state index is 8.93. The zero-order valence-electron chi connectivity index (χ0n) is 8.45. The number of ether oxygens (including phenoxy) is 1. The highest BCUT2D eigenvalue weighted by Crippen LogP contribution is 2.17. The molecule has 0 amide bonds. The number of rotatable bonds is 3. The standard InChI is InChI=1S/C12H13NO/c1-3-14-9-11(8-13)12-7-5-4-6-10(12)2/h4-7,9H,3H2,1-2H3/b11-9-. The van der Waals surface area contributed by atoms with E-state index < -0.39 is 0 Å². The van der Waals surface area contributed by atoms with Crippen LogP contribution in [0.5, 0.6) is 0 Å². The number of nitrogens with zero attached hydrogens (tertiary/aromatic N) is 1. The van der Waals surface area contributed by atoms with Crippen LogP contribution in [-0.2, 0) is 4.74 Å². The Morgan fingerprint density at radius 2 is 2.21 bits per heavy atom. The van der Waals surface area contributed by atoms with E-state index >= 15 is 0 Å². The van der Waals surface area contributed by atoms with Crippen molar-refractivity contribution >= 4 is 5.57 Å². The third-order valence-electron chi connectivity index (χ3n) is 1.92. The molecule has 14 heavy (non-hydrogen) atoms. The molecule has 0 fully saturated rings. The lowest BCUT2D eigenvalue weighted by Gasteiger charge is -2.03. The molecule has 0 saturated heterocycles. The quantitative estimate of drug-likeness (QED) is 0.538. The van der Waals surface area contributed by atoms with Gasteiger partial charge in [0.1, 0.15) is 12.3 Å². The largest absolute Gasteiger partial charge is 0.500 e.